The summed E-state index contributed by atoms with van der Waals surface area (Å²) in [6.45, 7) is 2.23. The molecule has 5 nitrogen and oxygen atoms in total. The first-order valence-corrected chi connectivity index (χ1v) is 7.75. The second-order valence-electron chi connectivity index (χ2n) is 6.73. The first kappa shape index (κ1) is 12.3. The Morgan fingerprint density at radius 2 is 1.95 bits per heavy atom. The van der Waals surface area contributed by atoms with Crippen molar-refractivity contribution in [3.05, 3.63) is 23.3 Å². The predicted octanol–water partition coefficient (Wildman–Crippen LogP) is 0.828. The summed E-state index contributed by atoms with van der Waals surface area (Å²) in [7, 11) is 0. The number of rotatable bonds is 0. The van der Waals surface area contributed by atoms with Crippen molar-refractivity contribution in [2.24, 2.45) is 5.92 Å². The van der Waals surface area contributed by atoms with Crippen LogP contribution in [0.1, 0.15) is 29.9 Å². The van der Waals surface area contributed by atoms with Gasteiger partial charge in [0.25, 0.3) is 0 Å². The van der Waals surface area contributed by atoms with Gasteiger partial charge in [-0.25, -0.2) is 0 Å². The van der Waals surface area contributed by atoms with E-state index in [0.29, 0.717) is 12.0 Å². The van der Waals surface area contributed by atoms with E-state index in [2.05, 4.69) is 11.0 Å². The zero-order chi connectivity index (χ0) is 14.1. The number of benzene rings is 1. The van der Waals surface area contributed by atoms with Crippen LogP contribution in [-0.2, 0) is 6.54 Å². The fourth-order valence-electron chi connectivity index (χ4n) is 4.84. The van der Waals surface area contributed by atoms with Gasteiger partial charge in [0.1, 0.15) is 0 Å². The fraction of sp³-hybridized carbons (Fsp3) is 0.625. The molecule has 0 spiro atoms. The topological polar surface area (TPSA) is 62.2 Å². The molecule has 1 aromatic rings. The molecule has 0 radical (unpaired) electrons. The SMILES string of the molecule is O[C@@H]1[C@@H]2c3cc4c(cc3CN3CC[C@H](C[C@H]1O)[C@@H]23)OCO4. The summed E-state index contributed by atoms with van der Waals surface area (Å²) in [5.41, 5.74) is 2.34. The molecule has 4 aliphatic rings. The van der Waals surface area contributed by atoms with Crippen LogP contribution in [0.4, 0.5) is 0 Å². The third kappa shape index (κ3) is 1.57. The number of fused-ring (bicyclic) bond motifs is 3. The molecular formula is C16H19NO4. The van der Waals surface area contributed by atoms with Crippen LogP contribution in [0, 0.1) is 5.92 Å². The van der Waals surface area contributed by atoms with Crippen molar-refractivity contribution in [2.45, 2.75) is 43.6 Å². The van der Waals surface area contributed by atoms with E-state index < -0.39 is 12.2 Å². The lowest BCUT2D eigenvalue weighted by Crippen LogP contribution is -2.53. The van der Waals surface area contributed by atoms with Crippen LogP contribution < -0.4 is 9.47 Å². The summed E-state index contributed by atoms with van der Waals surface area (Å²) >= 11 is 0. The van der Waals surface area contributed by atoms with E-state index in [9.17, 15) is 10.2 Å². The van der Waals surface area contributed by atoms with Gasteiger partial charge in [0.05, 0.1) is 12.2 Å². The lowest BCUT2D eigenvalue weighted by Gasteiger charge is -2.47. The van der Waals surface area contributed by atoms with Gasteiger partial charge in [0, 0.05) is 18.5 Å². The molecule has 2 N–H and O–H groups in total. The van der Waals surface area contributed by atoms with Crippen LogP contribution in [0.25, 0.3) is 0 Å². The highest BCUT2D eigenvalue weighted by molar-refractivity contribution is 5.52. The van der Waals surface area contributed by atoms with Gasteiger partial charge in [-0.1, -0.05) is 0 Å². The van der Waals surface area contributed by atoms with Gasteiger partial charge < -0.3 is 19.7 Å². The fourth-order valence-corrected chi connectivity index (χ4v) is 4.84. The van der Waals surface area contributed by atoms with Crippen LogP contribution >= 0.6 is 0 Å². The summed E-state index contributed by atoms with van der Waals surface area (Å²) in [6, 6.07) is 4.43. The van der Waals surface area contributed by atoms with Crippen molar-refractivity contribution in [3.63, 3.8) is 0 Å². The van der Waals surface area contributed by atoms with Gasteiger partial charge in [-0.05, 0) is 48.6 Å². The molecule has 3 heterocycles. The van der Waals surface area contributed by atoms with E-state index in [4.69, 9.17) is 9.47 Å². The Labute approximate surface area is 123 Å². The van der Waals surface area contributed by atoms with Gasteiger partial charge >= 0.3 is 0 Å². The highest BCUT2D eigenvalue weighted by Gasteiger charge is 2.52. The number of nitrogens with zero attached hydrogens (tertiary/aromatic N) is 1. The van der Waals surface area contributed by atoms with Crippen molar-refractivity contribution in [1.82, 2.24) is 4.90 Å². The van der Waals surface area contributed by atoms with Crippen LogP contribution in [0.15, 0.2) is 12.1 Å². The van der Waals surface area contributed by atoms with E-state index in [0.717, 1.165) is 43.0 Å². The third-order valence-corrected chi connectivity index (χ3v) is 5.73. The van der Waals surface area contributed by atoms with E-state index in [1.165, 1.54) is 5.56 Å². The molecule has 1 saturated carbocycles. The number of hydrogen-bond donors (Lipinski definition) is 2. The Bertz CT molecular complexity index is 604. The second kappa shape index (κ2) is 4.12. The zero-order valence-electron chi connectivity index (χ0n) is 11.7. The third-order valence-electron chi connectivity index (χ3n) is 5.73. The second-order valence-corrected chi connectivity index (χ2v) is 6.73. The monoisotopic (exact) mass is 289 g/mol. The van der Waals surface area contributed by atoms with Gasteiger partial charge in [0.15, 0.2) is 11.5 Å². The Morgan fingerprint density at radius 1 is 1.14 bits per heavy atom. The lowest BCUT2D eigenvalue weighted by molar-refractivity contribution is -0.0657. The smallest absolute Gasteiger partial charge is 0.231 e. The first-order chi connectivity index (χ1) is 10.2. The molecule has 1 saturated heterocycles. The molecule has 5 heteroatoms. The van der Waals surface area contributed by atoms with Gasteiger partial charge in [0.2, 0.25) is 6.79 Å². The molecule has 1 aromatic carbocycles. The molecular weight excluding hydrogens is 270 g/mol. The number of hydrogen-bond acceptors (Lipinski definition) is 5. The molecule has 3 aliphatic heterocycles. The van der Waals surface area contributed by atoms with Crippen molar-refractivity contribution in [3.8, 4) is 11.5 Å². The predicted molar refractivity (Wildman–Crippen MR) is 74.2 cm³/mol. The highest BCUT2D eigenvalue weighted by atomic mass is 16.7. The van der Waals surface area contributed by atoms with Crippen molar-refractivity contribution in [1.29, 1.82) is 0 Å². The summed E-state index contributed by atoms with van der Waals surface area (Å²) < 4.78 is 11.0. The average Bonchev–Trinajstić information content (AvgIpc) is 3.08. The Hall–Kier alpha value is -1.30. The summed E-state index contributed by atoms with van der Waals surface area (Å²) in [6.07, 6.45) is 0.531. The highest BCUT2D eigenvalue weighted by Crippen LogP contribution is 2.51. The molecule has 2 fully saturated rings. The minimum atomic E-state index is -0.689. The maximum atomic E-state index is 10.6. The van der Waals surface area contributed by atoms with Gasteiger partial charge in [-0.2, -0.15) is 0 Å². The number of ether oxygens (including phenoxy) is 2. The number of aliphatic hydroxyl groups is 2. The average molecular weight is 289 g/mol. The van der Waals surface area contributed by atoms with Crippen LogP contribution in [-0.4, -0.2) is 46.7 Å². The molecule has 0 bridgehead atoms. The van der Waals surface area contributed by atoms with E-state index >= 15 is 0 Å². The molecule has 112 valence electrons. The van der Waals surface area contributed by atoms with Crippen molar-refractivity contribution >= 4 is 0 Å². The first-order valence-electron chi connectivity index (χ1n) is 7.75. The van der Waals surface area contributed by atoms with E-state index in [1.807, 2.05) is 6.07 Å². The zero-order valence-corrected chi connectivity index (χ0v) is 11.7. The molecule has 1 aliphatic carbocycles. The summed E-state index contributed by atoms with van der Waals surface area (Å²) in [5.74, 6) is 2.05. The lowest BCUT2D eigenvalue weighted by atomic mass is 9.68. The van der Waals surface area contributed by atoms with Crippen molar-refractivity contribution in [2.75, 3.05) is 13.3 Å². The minimum Gasteiger partial charge on any atom is -0.454 e. The molecule has 21 heavy (non-hydrogen) atoms. The normalized spacial score (nSPS) is 40.0. The largest absolute Gasteiger partial charge is 0.454 e. The Kier molecular flexibility index (Phi) is 2.41. The standard InChI is InChI=1S/C16H19NO4/c18-11-3-8-1-2-17-6-9-4-12-13(21-7-20-12)5-10(9)14(15(8)17)16(11)19/h4-5,8,11,14-16,18-19H,1-3,6-7H2/t8-,11-,14-,15+,16+/m1/s1. The molecule has 0 unspecified atom stereocenters. The maximum Gasteiger partial charge on any atom is 0.231 e. The van der Waals surface area contributed by atoms with Gasteiger partial charge in [-0.15, -0.1) is 0 Å². The maximum absolute atomic E-state index is 10.6. The molecule has 0 amide bonds. The van der Waals surface area contributed by atoms with Crippen LogP contribution in [0.3, 0.4) is 0 Å². The van der Waals surface area contributed by atoms with Gasteiger partial charge in [-0.3, -0.25) is 4.90 Å². The Balaban J connectivity index is 1.66. The van der Waals surface area contributed by atoms with E-state index in [1.54, 1.807) is 0 Å². The molecule has 5 rings (SSSR count). The van der Waals surface area contributed by atoms with Crippen LogP contribution in [0.5, 0.6) is 11.5 Å². The Morgan fingerprint density at radius 3 is 2.81 bits per heavy atom. The van der Waals surface area contributed by atoms with E-state index in [-0.39, 0.29) is 12.7 Å². The molecule has 5 atom stereocenters. The van der Waals surface area contributed by atoms with Crippen molar-refractivity contribution < 1.29 is 19.7 Å². The quantitative estimate of drug-likeness (QED) is 0.741. The summed E-state index contributed by atoms with van der Waals surface area (Å²) in [5, 5.41) is 20.8. The summed E-state index contributed by atoms with van der Waals surface area (Å²) in [4.78, 5) is 2.47. The molecule has 0 aromatic heterocycles. The minimum absolute atomic E-state index is 0.0144. The number of aliphatic hydroxyl groups excluding tert-OH is 2. The van der Waals surface area contributed by atoms with Crippen LogP contribution in [0.2, 0.25) is 0 Å².